The van der Waals surface area contributed by atoms with E-state index in [0.29, 0.717) is 18.7 Å². The molecule has 1 unspecified atom stereocenters. The average Bonchev–Trinajstić information content (AvgIpc) is 2.65. The third kappa shape index (κ3) is 2.79. The molecule has 0 spiro atoms. The molecule has 1 aliphatic heterocycles. The molecule has 1 aliphatic rings. The Morgan fingerprint density at radius 2 is 2.20 bits per heavy atom. The fourth-order valence-corrected chi connectivity index (χ4v) is 2.99. The van der Waals surface area contributed by atoms with Crippen LogP contribution in [0.1, 0.15) is 44.5 Å². The molecule has 1 heterocycles. The summed E-state index contributed by atoms with van der Waals surface area (Å²) in [6, 6.07) is 4.67. The van der Waals surface area contributed by atoms with E-state index in [1.165, 1.54) is 6.07 Å². The first kappa shape index (κ1) is 14.8. The van der Waals surface area contributed by atoms with Gasteiger partial charge in [0.05, 0.1) is 12.2 Å². The van der Waals surface area contributed by atoms with Gasteiger partial charge in [-0.2, -0.15) is 0 Å². The molecule has 1 amide bonds. The SMILES string of the molecule is CCOc1c(F)cccc1C(=O)N1CC(C)(C)CC1C. The highest BCUT2D eigenvalue weighted by atomic mass is 19.1. The molecule has 1 fully saturated rings. The maximum absolute atomic E-state index is 13.8. The quantitative estimate of drug-likeness (QED) is 0.847. The van der Waals surface area contributed by atoms with Gasteiger partial charge in [-0.25, -0.2) is 4.39 Å². The lowest BCUT2D eigenvalue weighted by Crippen LogP contribution is -2.35. The van der Waals surface area contributed by atoms with Crippen LogP contribution in [0.25, 0.3) is 0 Å². The van der Waals surface area contributed by atoms with E-state index in [0.717, 1.165) is 6.42 Å². The van der Waals surface area contributed by atoms with Crippen LogP contribution in [0.3, 0.4) is 0 Å². The molecule has 20 heavy (non-hydrogen) atoms. The Morgan fingerprint density at radius 1 is 1.50 bits per heavy atom. The van der Waals surface area contributed by atoms with Crippen LogP contribution < -0.4 is 4.74 Å². The van der Waals surface area contributed by atoms with Gasteiger partial charge in [-0.05, 0) is 37.8 Å². The second-order valence-corrected chi connectivity index (χ2v) is 6.20. The lowest BCUT2D eigenvalue weighted by molar-refractivity contribution is 0.0731. The summed E-state index contributed by atoms with van der Waals surface area (Å²) in [5.41, 5.74) is 0.421. The average molecular weight is 279 g/mol. The summed E-state index contributed by atoms with van der Waals surface area (Å²) >= 11 is 0. The molecule has 1 saturated heterocycles. The van der Waals surface area contributed by atoms with Crippen molar-refractivity contribution < 1.29 is 13.9 Å². The monoisotopic (exact) mass is 279 g/mol. The predicted molar refractivity (Wildman–Crippen MR) is 76.5 cm³/mol. The highest BCUT2D eigenvalue weighted by Gasteiger charge is 2.38. The van der Waals surface area contributed by atoms with Gasteiger partial charge in [0, 0.05) is 12.6 Å². The minimum absolute atomic E-state index is 0.0666. The number of likely N-dealkylation sites (tertiary alicyclic amines) is 1. The van der Waals surface area contributed by atoms with E-state index in [2.05, 4.69) is 13.8 Å². The van der Waals surface area contributed by atoms with Crippen molar-refractivity contribution in [2.45, 2.75) is 40.2 Å². The van der Waals surface area contributed by atoms with E-state index in [9.17, 15) is 9.18 Å². The molecule has 0 aromatic heterocycles. The number of carbonyl (C=O) groups is 1. The third-order valence-electron chi connectivity index (χ3n) is 3.73. The molecular weight excluding hydrogens is 257 g/mol. The molecule has 0 radical (unpaired) electrons. The number of amides is 1. The van der Waals surface area contributed by atoms with Crippen molar-refractivity contribution in [2.24, 2.45) is 5.41 Å². The van der Waals surface area contributed by atoms with Crippen LogP contribution in [0.2, 0.25) is 0 Å². The van der Waals surface area contributed by atoms with Crippen LogP contribution in [0.5, 0.6) is 5.75 Å². The van der Waals surface area contributed by atoms with Crippen molar-refractivity contribution in [1.29, 1.82) is 0 Å². The van der Waals surface area contributed by atoms with Gasteiger partial charge in [0.1, 0.15) is 0 Å². The smallest absolute Gasteiger partial charge is 0.257 e. The van der Waals surface area contributed by atoms with Crippen LogP contribution in [0.4, 0.5) is 4.39 Å². The standard InChI is InChI=1S/C16H22FNO2/c1-5-20-14-12(7-6-8-13(14)17)15(19)18-10-16(3,4)9-11(18)2/h6-8,11H,5,9-10H2,1-4H3. The molecule has 1 aromatic rings. The predicted octanol–water partition coefficient (Wildman–Crippen LogP) is 3.49. The Kier molecular flexibility index (Phi) is 4.02. The lowest BCUT2D eigenvalue weighted by Gasteiger charge is -2.23. The Morgan fingerprint density at radius 3 is 2.75 bits per heavy atom. The van der Waals surface area contributed by atoms with Gasteiger partial charge >= 0.3 is 0 Å². The van der Waals surface area contributed by atoms with Crippen molar-refractivity contribution in [1.82, 2.24) is 4.90 Å². The summed E-state index contributed by atoms with van der Waals surface area (Å²) in [4.78, 5) is 14.5. The van der Waals surface area contributed by atoms with Crippen LogP contribution >= 0.6 is 0 Å². The highest BCUT2D eigenvalue weighted by molar-refractivity contribution is 5.97. The molecule has 1 aromatic carbocycles. The van der Waals surface area contributed by atoms with E-state index in [1.54, 1.807) is 19.1 Å². The van der Waals surface area contributed by atoms with Crippen LogP contribution in [-0.2, 0) is 0 Å². The van der Waals surface area contributed by atoms with Gasteiger partial charge in [-0.3, -0.25) is 4.79 Å². The maximum atomic E-state index is 13.8. The van der Waals surface area contributed by atoms with E-state index in [1.807, 2.05) is 11.8 Å². The van der Waals surface area contributed by atoms with E-state index in [4.69, 9.17) is 4.74 Å². The first-order valence-electron chi connectivity index (χ1n) is 7.08. The Bertz CT molecular complexity index is 513. The minimum Gasteiger partial charge on any atom is -0.490 e. The molecule has 1 atom stereocenters. The fourth-order valence-electron chi connectivity index (χ4n) is 2.99. The Hall–Kier alpha value is -1.58. The van der Waals surface area contributed by atoms with Gasteiger partial charge in [-0.15, -0.1) is 0 Å². The molecule has 3 nitrogen and oxygen atoms in total. The number of nitrogens with zero attached hydrogens (tertiary/aromatic N) is 1. The molecule has 0 N–H and O–H groups in total. The first-order chi connectivity index (χ1) is 9.35. The largest absolute Gasteiger partial charge is 0.490 e. The minimum atomic E-state index is -0.483. The highest BCUT2D eigenvalue weighted by Crippen LogP contribution is 2.36. The van der Waals surface area contributed by atoms with Crippen molar-refractivity contribution in [3.8, 4) is 5.75 Å². The van der Waals surface area contributed by atoms with E-state index in [-0.39, 0.29) is 23.1 Å². The second-order valence-electron chi connectivity index (χ2n) is 6.20. The molecule has 0 saturated carbocycles. The van der Waals surface area contributed by atoms with Gasteiger partial charge in [0.15, 0.2) is 11.6 Å². The van der Waals surface area contributed by atoms with Crippen molar-refractivity contribution in [3.05, 3.63) is 29.6 Å². The summed E-state index contributed by atoms with van der Waals surface area (Å²) < 4.78 is 19.2. The fraction of sp³-hybridized carbons (Fsp3) is 0.562. The summed E-state index contributed by atoms with van der Waals surface area (Å²) in [5, 5.41) is 0. The maximum Gasteiger partial charge on any atom is 0.257 e. The van der Waals surface area contributed by atoms with Crippen LogP contribution in [0, 0.1) is 11.2 Å². The zero-order valence-corrected chi connectivity index (χ0v) is 12.6. The van der Waals surface area contributed by atoms with Crippen LogP contribution in [0.15, 0.2) is 18.2 Å². The number of para-hydroxylation sites is 1. The molecule has 4 heteroatoms. The zero-order chi connectivity index (χ0) is 14.9. The number of benzene rings is 1. The van der Waals surface area contributed by atoms with Gasteiger partial charge < -0.3 is 9.64 Å². The van der Waals surface area contributed by atoms with Gasteiger partial charge in [0.2, 0.25) is 0 Å². The number of rotatable bonds is 3. The molecule has 0 aliphatic carbocycles. The zero-order valence-electron chi connectivity index (χ0n) is 12.6. The van der Waals surface area contributed by atoms with E-state index >= 15 is 0 Å². The third-order valence-corrected chi connectivity index (χ3v) is 3.73. The number of halogens is 1. The number of hydrogen-bond acceptors (Lipinski definition) is 2. The number of hydrogen-bond donors (Lipinski definition) is 0. The number of ether oxygens (including phenoxy) is 1. The van der Waals surface area contributed by atoms with E-state index < -0.39 is 5.82 Å². The molecular formula is C16H22FNO2. The van der Waals surface area contributed by atoms with Crippen molar-refractivity contribution in [2.75, 3.05) is 13.2 Å². The van der Waals surface area contributed by atoms with Crippen LogP contribution in [-0.4, -0.2) is 30.0 Å². The van der Waals surface area contributed by atoms with Gasteiger partial charge in [0.25, 0.3) is 5.91 Å². The molecule has 0 bridgehead atoms. The summed E-state index contributed by atoms with van der Waals surface area (Å²) in [6.45, 7) is 9.13. The normalized spacial score (nSPS) is 21.1. The Labute approximate surface area is 119 Å². The van der Waals surface area contributed by atoms with Crippen molar-refractivity contribution in [3.63, 3.8) is 0 Å². The Balaban J connectivity index is 2.32. The van der Waals surface area contributed by atoms with Crippen molar-refractivity contribution >= 4 is 5.91 Å². The topological polar surface area (TPSA) is 29.5 Å². The molecule has 110 valence electrons. The first-order valence-corrected chi connectivity index (χ1v) is 7.08. The summed E-state index contributed by atoms with van der Waals surface area (Å²) in [7, 11) is 0. The number of carbonyl (C=O) groups excluding carboxylic acids is 1. The lowest BCUT2D eigenvalue weighted by atomic mass is 9.91. The van der Waals surface area contributed by atoms with Gasteiger partial charge in [-0.1, -0.05) is 19.9 Å². The summed E-state index contributed by atoms with van der Waals surface area (Å²) in [5.74, 6) is -0.563. The summed E-state index contributed by atoms with van der Waals surface area (Å²) in [6.07, 6.45) is 0.956. The molecule has 2 rings (SSSR count). The second kappa shape index (κ2) is 5.43.